The van der Waals surface area contributed by atoms with Crippen LogP contribution in [-0.2, 0) is 4.79 Å². The van der Waals surface area contributed by atoms with Crippen molar-refractivity contribution in [1.82, 2.24) is 4.90 Å². The second-order valence-corrected chi connectivity index (χ2v) is 5.60. The summed E-state index contributed by atoms with van der Waals surface area (Å²) in [6.45, 7) is 0.0880. The predicted molar refractivity (Wildman–Crippen MR) is 79.1 cm³/mol. The molecule has 3 rings (SSSR count). The van der Waals surface area contributed by atoms with Crippen molar-refractivity contribution >= 4 is 40.6 Å². The van der Waals surface area contributed by atoms with E-state index in [2.05, 4.69) is 5.92 Å². The Balaban J connectivity index is 1.95. The van der Waals surface area contributed by atoms with Crippen LogP contribution in [-0.4, -0.2) is 29.4 Å². The van der Waals surface area contributed by atoms with Gasteiger partial charge >= 0.3 is 0 Å². The Hall–Kier alpha value is -2.10. The average Bonchev–Trinajstić information content (AvgIpc) is 2.99. The van der Waals surface area contributed by atoms with Gasteiger partial charge in [0.05, 0.1) is 16.5 Å². The predicted octanol–water partition coefficient (Wildman–Crippen LogP) is 2.74. The zero-order valence-corrected chi connectivity index (χ0v) is 12.2. The summed E-state index contributed by atoms with van der Waals surface area (Å²) in [5, 5.41) is 0.0177. The van der Waals surface area contributed by atoms with E-state index in [9.17, 15) is 9.59 Å². The van der Waals surface area contributed by atoms with Crippen LogP contribution < -0.4 is 9.47 Å². The maximum absolute atomic E-state index is 12.1. The molecule has 2 aliphatic heterocycles. The standard InChI is InChI=1S/C14H8ClNO4S/c1-2-3-16-13(17)12(21-14(16)18)5-8-4-10-11(6-9(8)15)20-7-19-10/h1,4-6H,3,7H2/b12-5+. The van der Waals surface area contributed by atoms with Gasteiger partial charge in [-0.3, -0.25) is 14.5 Å². The quantitative estimate of drug-likeness (QED) is 0.619. The number of hydrogen-bond donors (Lipinski definition) is 0. The number of carbonyl (C=O) groups excluding carboxylic acids is 2. The van der Waals surface area contributed by atoms with E-state index < -0.39 is 5.91 Å². The first-order chi connectivity index (χ1) is 10.1. The highest BCUT2D eigenvalue weighted by Crippen LogP contribution is 2.39. The molecule has 0 bridgehead atoms. The minimum absolute atomic E-state index is 0.0448. The monoisotopic (exact) mass is 321 g/mol. The van der Waals surface area contributed by atoms with E-state index >= 15 is 0 Å². The number of imide groups is 1. The van der Waals surface area contributed by atoms with Crippen molar-refractivity contribution in [3.63, 3.8) is 0 Å². The van der Waals surface area contributed by atoms with Crippen molar-refractivity contribution in [2.45, 2.75) is 0 Å². The number of terminal acetylenes is 1. The number of amides is 2. The van der Waals surface area contributed by atoms with E-state index in [1.807, 2.05) is 0 Å². The van der Waals surface area contributed by atoms with Crippen LogP contribution in [0.2, 0.25) is 5.02 Å². The second-order valence-electron chi connectivity index (χ2n) is 4.20. The average molecular weight is 322 g/mol. The molecule has 106 valence electrons. The Morgan fingerprint density at radius 1 is 1.38 bits per heavy atom. The zero-order valence-electron chi connectivity index (χ0n) is 10.6. The van der Waals surface area contributed by atoms with Crippen LogP contribution in [0.1, 0.15) is 5.56 Å². The summed E-state index contributed by atoms with van der Waals surface area (Å²) in [7, 11) is 0. The van der Waals surface area contributed by atoms with Crippen LogP contribution >= 0.6 is 23.4 Å². The molecule has 2 heterocycles. The molecule has 0 unspecified atom stereocenters. The minimum atomic E-state index is -0.420. The Labute approximate surface area is 129 Å². The van der Waals surface area contributed by atoms with E-state index in [-0.39, 0.29) is 23.5 Å². The summed E-state index contributed by atoms with van der Waals surface area (Å²) in [6.07, 6.45) is 6.69. The SMILES string of the molecule is C#CCN1C(=O)S/C(=C/c2cc3c(cc2Cl)OCO3)C1=O. The minimum Gasteiger partial charge on any atom is -0.454 e. The molecule has 0 aromatic heterocycles. The van der Waals surface area contributed by atoms with E-state index in [1.54, 1.807) is 18.2 Å². The normalized spacial score (nSPS) is 18.5. The van der Waals surface area contributed by atoms with Crippen LogP contribution in [0.15, 0.2) is 17.0 Å². The third-order valence-electron chi connectivity index (χ3n) is 2.90. The topological polar surface area (TPSA) is 55.8 Å². The van der Waals surface area contributed by atoms with Crippen LogP contribution in [0.4, 0.5) is 4.79 Å². The fraction of sp³-hybridized carbons (Fsp3) is 0.143. The maximum Gasteiger partial charge on any atom is 0.294 e. The molecule has 5 nitrogen and oxygen atoms in total. The maximum atomic E-state index is 12.1. The number of rotatable bonds is 2. The van der Waals surface area contributed by atoms with Crippen LogP contribution in [0.5, 0.6) is 11.5 Å². The van der Waals surface area contributed by atoms with Gasteiger partial charge in [0.1, 0.15) is 0 Å². The van der Waals surface area contributed by atoms with E-state index in [1.165, 1.54) is 0 Å². The third kappa shape index (κ3) is 2.46. The lowest BCUT2D eigenvalue weighted by Gasteiger charge is -2.06. The number of hydrogen-bond acceptors (Lipinski definition) is 5. The highest BCUT2D eigenvalue weighted by molar-refractivity contribution is 8.18. The third-order valence-corrected chi connectivity index (χ3v) is 4.14. The van der Waals surface area contributed by atoms with Crippen molar-refractivity contribution in [2.24, 2.45) is 0 Å². The van der Waals surface area contributed by atoms with E-state index in [0.29, 0.717) is 22.1 Å². The fourth-order valence-corrected chi connectivity index (χ4v) is 2.95. The lowest BCUT2D eigenvalue weighted by atomic mass is 10.2. The number of carbonyl (C=O) groups is 2. The summed E-state index contributed by atoms with van der Waals surface area (Å²) in [6, 6.07) is 3.28. The second kappa shape index (κ2) is 5.35. The largest absolute Gasteiger partial charge is 0.454 e. The van der Waals surface area contributed by atoms with Gasteiger partial charge in [-0.15, -0.1) is 6.42 Å². The number of halogens is 1. The molecule has 0 atom stereocenters. The fourth-order valence-electron chi connectivity index (χ4n) is 1.91. The lowest BCUT2D eigenvalue weighted by molar-refractivity contribution is -0.122. The molecule has 1 aromatic rings. The number of nitrogens with zero attached hydrogens (tertiary/aromatic N) is 1. The summed E-state index contributed by atoms with van der Waals surface area (Å²) >= 11 is 6.97. The Morgan fingerprint density at radius 3 is 2.81 bits per heavy atom. The Morgan fingerprint density at radius 2 is 2.10 bits per heavy atom. The molecule has 2 aliphatic rings. The van der Waals surface area contributed by atoms with Crippen molar-refractivity contribution < 1.29 is 19.1 Å². The van der Waals surface area contributed by atoms with Gasteiger partial charge in [0.15, 0.2) is 11.5 Å². The lowest BCUT2D eigenvalue weighted by Crippen LogP contribution is -2.28. The van der Waals surface area contributed by atoms with Gasteiger partial charge in [0.2, 0.25) is 6.79 Å². The van der Waals surface area contributed by atoms with E-state index in [0.717, 1.165) is 16.7 Å². The van der Waals surface area contributed by atoms with Crippen molar-refractivity contribution in [3.05, 3.63) is 27.6 Å². The summed E-state index contributed by atoms with van der Waals surface area (Å²) in [5.74, 6) is 2.96. The molecule has 0 radical (unpaired) electrons. The molecular weight excluding hydrogens is 314 g/mol. The molecule has 1 saturated heterocycles. The first-order valence-electron chi connectivity index (χ1n) is 5.88. The van der Waals surface area contributed by atoms with Gasteiger partial charge in [-0.1, -0.05) is 17.5 Å². The number of thioether (sulfide) groups is 1. The molecule has 0 N–H and O–H groups in total. The summed E-state index contributed by atoms with van der Waals surface area (Å²) < 4.78 is 10.5. The van der Waals surface area contributed by atoms with Crippen LogP contribution in [0, 0.1) is 12.3 Å². The van der Waals surface area contributed by atoms with Crippen molar-refractivity contribution in [1.29, 1.82) is 0 Å². The van der Waals surface area contributed by atoms with Gasteiger partial charge in [0, 0.05) is 6.07 Å². The molecule has 21 heavy (non-hydrogen) atoms. The summed E-state index contributed by atoms with van der Waals surface area (Å²) in [5.41, 5.74) is 0.576. The van der Waals surface area contributed by atoms with Crippen LogP contribution in [0.25, 0.3) is 6.08 Å². The van der Waals surface area contributed by atoms with Crippen molar-refractivity contribution in [3.8, 4) is 23.8 Å². The summed E-state index contributed by atoms with van der Waals surface area (Å²) in [4.78, 5) is 25.1. The van der Waals surface area contributed by atoms with Gasteiger partial charge < -0.3 is 9.47 Å². The molecule has 7 heteroatoms. The molecule has 1 aromatic carbocycles. The molecular formula is C14H8ClNO4S. The number of ether oxygens (including phenoxy) is 2. The Bertz CT molecular complexity index is 722. The van der Waals surface area contributed by atoms with Crippen LogP contribution in [0.3, 0.4) is 0 Å². The van der Waals surface area contributed by atoms with Gasteiger partial charge in [-0.25, -0.2) is 0 Å². The molecule has 0 aliphatic carbocycles. The van der Waals surface area contributed by atoms with Gasteiger partial charge in [0.25, 0.3) is 11.1 Å². The van der Waals surface area contributed by atoms with E-state index in [4.69, 9.17) is 27.5 Å². The highest BCUT2D eigenvalue weighted by atomic mass is 35.5. The molecule has 2 amide bonds. The number of benzene rings is 1. The first kappa shape index (κ1) is 13.9. The van der Waals surface area contributed by atoms with Crippen molar-refractivity contribution in [2.75, 3.05) is 13.3 Å². The van der Waals surface area contributed by atoms with Gasteiger partial charge in [-0.05, 0) is 29.5 Å². The molecule has 0 spiro atoms. The smallest absolute Gasteiger partial charge is 0.294 e. The molecule has 1 fully saturated rings. The molecule has 0 saturated carbocycles. The number of fused-ring (bicyclic) bond motifs is 1. The van der Waals surface area contributed by atoms with Gasteiger partial charge in [-0.2, -0.15) is 0 Å². The first-order valence-corrected chi connectivity index (χ1v) is 7.07. The Kier molecular flexibility index (Phi) is 3.53. The zero-order chi connectivity index (χ0) is 15.0. The highest BCUT2D eigenvalue weighted by Gasteiger charge is 2.34.